The summed E-state index contributed by atoms with van der Waals surface area (Å²) in [7, 11) is 1.80. The largest absolute Gasteiger partial charge is 0.386 e. The van der Waals surface area contributed by atoms with Gasteiger partial charge in [0.2, 0.25) is 0 Å². The van der Waals surface area contributed by atoms with Crippen LogP contribution in [0.25, 0.3) is 0 Å². The molecule has 0 amide bonds. The van der Waals surface area contributed by atoms with Crippen LogP contribution in [0.5, 0.6) is 0 Å². The Morgan fingerprint density at radius 3 is 2.95 bits per heavy atom. The number of aromatic nitrogens is 2. The zero-order valence-electron chi connectivity index (χ0n) is 10.7. The number of aliphatic hydroxyl groups is 1. The SMILES string of the molecule is Cn1cc(C(O)C2(C#N)CCc3ccccc32)cn1. The zero-order chi connectivity index (χ0) is 13.5. The van der Waals surface area contributed by atoms with E-state index in [4.69, 9.17) is 0 Å². The highest BCUT2D eigenvalue weighted by Crippen LogP contribution is 2.46. The van der Waals surface area contributed by atoms with Gasteiger partial charge in [0, 0.05) is 18.8 Å². The molecular formula is C15H15N3O. The molecule has 0 saturated heterocycles. The summed E-state index contributed by atoms with van der Waals surface area (Å²) in [5, 5.41) is 24.4. The summed E-state index contributed by atoms with van der Waals surface area (Å²) in [5.41, 5.74) is 1.96. The number of nitrogens with zero attached hydrogens (tertiary/aromatic N) is 3. The molecule has 1 aliphatic carbocycles. The Balaban J connectivity index is 2.09. The summed E-state index contributed by atoms with van der Waals surface area (Å²) in [4.78, 5) is 0. The number of nitriles is 1. The molecule has 2 atom stereocenters. The van der Waals surface area contributed by atoms with E-state index in [9.17, 15) is 10.4 Å². The van der Waals surface area contributed by atoms with E-state index >= 15 is 0 Å². The number of fused-ring (bicyclic) bond motifs is 1. The van der Waals surface area contributed by atoms with Crippen LogP contribution in [-0.4, -0.2) is 14.9 Å². The summed E-state index contributed by atoms with van der Waals surface area (Å²) >= 11 is 0. The van der Waals surface area contributed by atoms with Crippen LogP contribution in [0.3, 0.4) is 0 Å². The fourth-order valence-corrected chi connectivity index (χ4v) is 2.97. The average molecular weight is 253 g/mol. The van der Waals surface area contributed by atoms with E-state index in [1.54, 1.807) is 24.1 Å². The Morgan fingerprint density at radius 1 is 1.47 bits per heavy atom. The Hall–Kier alpha value is -2.12. The fourth-order valence-electron chi connectivity index (χ4n) is 2.97. The zero-order valence-corrected chi connectivity index (χ0v) is 10.7. The maximum absolute atomic E-state index is 10.7. The molecule has 2 aromatic rings. The monoisotopic (exact) mass is 253 g/mol. The summed E-state index contributed by atoms with van der Waals surface area (Å²) in [5.74, 6) is 0. The van der Waals surface area contributed by atoms with Crippen LogP contribution in [0.2, 0.25) is 0 Å². The average Bonchev–Trinajstić information content (AvgIpc) is 3.02. The van der Waals surface area contributed by atoms with Crippen molar-refractivity contribution in [3.8, 4) is 6.07 Å². The van der Waals surface area contributed by atoms with E-state index in [0.29, 0.717) is 12.0 Å². The smallest absolute Gasteiger partial charge is 0.113 e. The van der Waals surface area contributed by atoms with Crippen molar-refractivity contribution in [2.75, 3.05) is 0 Å². The molecule has 0 aliphatic heterocycles. The molecule has 1 heterocycles. The van der Waals surface area contributed by atoms with Crippen molar-refractivity contribution < 1.29 is 5.11 Å². The van der Waals surface area contributed by atoms with E-state index < -0.39 is 11.5 Å². The van der Waals surface area contributed by atoms with E-state index in [1.807, 2.05) is 24.3 Å². The summed E-state index contributed by atoms with van der Waals surface area (Å²) < 4.78 is 1.64. The lowest BCUT2D eigenvalue weighted by Gasteiger charge is -2.27. The van der Waals surface area contributed by atoms with Crippen LogP contribution in [0.15, 0.2) is 36.7 Å². The third kappa shape index (κ3) is 1.66. The van der Waals surface area contributed by atoms with E-state index in [0.717, 1.165) is 17.5 Å². The second-order valence-corrected chi connectivity index (χ2v) is 5.09. The Bertz CT molecular complexity index is 655. The molecule has 4 nitrogen and oxygen atoms in total. The minimum absolute atomic E-state index is 0.652. The van der Waals surface area contributed by atoms with E-state index in [1.165, 1.54) is 0 Å². The molecule has 0 spiro atoms. The topological polar surface area (TPSA) is 61.8 Å². The van der Waals surface area contributed by atoms with Crippen molar-refractivity contribution in [1.29, 1.82) is 5.26 Å². The first-order chi connectivity index (χ1) is 9.17. The van der Waals surface area contributed by atoms with Gasteiger partial charge >= 0.3 is 0 Å². The second kappa shape index (κ2) is 4.22. The Kier molecular flexibility index (Phi) is 2.65. The molecule has 0 radical (unpaired) electrons. The third-order valence-corrected chi connectivity index (χ3v) is 3.99. The van der Waals surface area contributed by atoms with Gasteiger partial charge in [-0.15, -0.1) is 0 Å². The molecular weight excluding hydrogens is 238 g/mol. The maximum Gasteiger partial charge on any atom is 0.113 e. The maximum atomic E-state index is 10.7. The molecule has 96 valence electrons. The third-order valence-electron chi connectivity index (χ3n) is 3.99. The lowest BCUT2D eigenvalue weighted by molar-refractivity contribution is 0.111. The van der Waals surface area contributed by atoms with Crippen LogP contribution < -0.4 is 0 Å². The van der Waals surface area contributed by atoms with Crippen LogP contribution in [0.1, 0.15) is 29.2 Å². The number of aliphatic hydroxyl groups excluding tert-OH is 1. The molecule has 1 aromatic carbocycles. The first kappa shape index (κ1) is 11.9. The minimum Gasteiger partial charge on any atom is -0.386 e. The van der Waals surface area contributed by atoms with Crippen LogP contribution in [-0.2, 0) is 18.9 Å². The molecule has 1 aromatic heterocycles. The molecule has 4 heteroatoms. The van der Waals surface area contributed by atoms with Gasteiger partial charge in [0.25, 0.3) is 0 Å². The van der Waals surface area contributed by atoms with Gasteiger partial charge in [-0.2, -0.15) is 10.4 Å². The summed E-state index contributed by atoms with van der Waals surface area (Å²) in [6.07, 6.45) is 4.05. The molecule has 1 aliphatic rings. The van der Waals surface area contributed by atoms with Crippen molar-refractivity contribution in [1.82, 2.24) is 9.78 Å². The van der Waals surface area contributed by atoms with Gasteiger partial charge in [0.05, 0.1) is 12.3 Å². The lowest BCUT2D eigenvalue weighted by atomic mass is 9.76. The van der Waals surface area contributed by atoms with Gasteiger partial charge in [-0.25, -0.2) is 0 Å². The lowest BCUT2D eigenvalue weighted by Crippen LogP contribution is -2.29. The molecule has 19 heavy (non-hydrogen) atoms. The molecule has 3 rings (SSSR count). The second-order valence-electron chi connectivity index (χ2n) is 5.09. The van der Waals surface area contributed by atoms with Crippen LogP contribution >= 0.6 is 0 Å². The summed E-state index contributed by atoms with van der Waals surface area (Å²) in [6.45, 7) is 0. The number of aryl methyl sites for hydroxylation is 2. The quantitative estimate of drug-likeness (QED) is 0.888. The van der Waals surface area contributed by atoms with E-state index in [2.05, 4.69) is 11.2 Å². The van der Waals surface area contributed by atoms with Crippen molar-refractivity contribution in [2.45, 2.75) is 24.4 Å². The predicted molar refractivity (Wildman–Crippen MR) is 70.2 cm³/mol. The van der Waals surface area contributed by atoms with Gasteiger partial charge in [0.15, 0.2) is 0 Å². The molecule has 2 unspecified atom stereocenters. The van der Waals surface area contributed by atoms with Crippen molar-refractivity contribution in [2.24, 2.45) is 7.05 Å². The Labute approximate surface area is 111 Å². The number of benzene rings is 1. The van der Waals surface area contributed by atoms with Crippen molar-refractivity contribution >= 4 is 0 Å². The van der Waals surface area contributed by atoms with Crippen LogP contribution in [0, 0.1) is 11.3 Å². The number of hydrogen-bond acceptors (Lipinski definition) is 3. The van der Waals surface area contributed by atoms with Gasteiger partial charge < -0.3 is 5.11 Å². The van der Waals surface area contributed by atoms with Gasteiger partial charge in [-0.05, 0) is 24.0 Å². The normalized spacial score (nSPS) is 22.8. The van der Waals surface area contributed by atoms with Gasteiger partial charge in [-0.3, -0.25) is 4.68 Å². The fraction of sp³-hybridized carbons (Fsp3) is 0.333. The molecule has 0 saturated carbocycles. The van der Waals surface area contributed by atoms with Gasteiger partial charge in [0.1, 0.15) is 11.5 Å². The predicted octanol–water partition coefficient (Wildman–Crippen LogP) is 1.86. The van der Waals surface area contributed by atoms with Crippen LogP contribution in [0.4, 0.5) is 0 Å². The van der Waals surface area contributed by atoms with Gasteiger partial charge in [-0.1, -0.05) is 24.3 Å². The van der Waals surface area contributed by atoms with Crippen molar-refractivity contribution in [3.05, 3.63) is 53.3 Å². The highest BCUT2D eigenvalue weighted by Gasteiger charge is 2.46. The molecule has 1 N–H and O–H groups in total. The Morgan fingerprint density at radius 2 is 2.26 bits per heavy atom. The minimum atomic E-state index is -0.848. The number of hydrogen-bond donors (Lipinski definition) is 1. The first-order valence-electron chi connectivity index (χ1n) is 6.33. The molecule has 0 fully saturated rings. The highest BCUT2D eigenvalue weighted by molar-refractivity contribution is 5.46. The molecule has 0 bridgehead atoms. The van der Waals surface area contributed by atoms with E-state index in [-0.39, 0.29) is 0 Å². The number of rotatable bonds is 2. The standard InChI is InChI=1S/C15H15N3O/c1-18-9-12(8-17-18)14(19)15(10-16)7-6-11-4-2-3-5-13(11)15/h2-5,8-9,14,19H,6-7H2,1H3. The summed E-state index contributed by atoms with van der Waals surface area (Å²) in [6, 6.07) is 10.2. The van der Waals surface area contributed by atoms with Crippen molar-refractivity contribution in [3.63, 3.8) is 0 Å². The first-order valence-corrected chi connectivity index (χ1v) is 6.33. The highest BCUT2D eigenvalue weighted by atomic mass is 16.3.